The smallest absolute Gasteiger partial charge is 0.247 e. The molecule has 0 aliphatic carbocycles. The van der Waals surface area contributed by atoms with Crippen LogP contribution in [0.25, 0.3) is 23.4 Å². The highest BCUT2D eigenvalue weighted by Gasteiger charge is 2.30. The molecule has 26 heavy (non-hydrogen) atoms. The lowest BCUT2D eigenvalue weighted by molar-refractivity contribution is -0.137. The molecule has 0 amide bonds. The maximum atomic E-state index is 14.3. The van der Waals surface area contributed by atoms with E-state index < -0.39 is 17.6 Å². The fourth-order valence-electron chi connectivity index (χ4n) is 2.33. The Labute approximate surface area is 145 Å². The molecule has 3 rings (SSSR count). The van der Waals surface area contributed by atoms with Crippen molar-refractivity contribution in [1.82, 2.24) is 15.4 Å². The molecule has 0 atom stereocenters. The van der Waals surface area contributed by atoms with Crippen molar-refractivity contribution in [2.45, 2.75) is 6.18 Å². The Morgan fingerprint density at radius 1 is 1.04 bits per heavy atom. The lowest BCUT2D eigenvalue weighted by atomic mass is 10.1. The van der Waals surface area contributed by atoms with Gasteiger partial charge in [-0.05, 0) is 35.4 Å². The number of nitriles is 1. The Balaban J connectivity index is 1.87. The molecule has 1 aromatic heterocycles. The van der Waals surface area contributed by atoms with Gasteiger partial charge in [-0.25, -0.2) is 9.49 Å². The van der Waals surface area contributed by atoms with Crippen LogP contribution in [-0.2, 0) is 6.18 Å². The average molecular weight is 358 g/mol. The van der Waals surface area contributed by atoms with Gasteiger partial charge in [0.05, 0.1) is 5.56 Å². The molecule has 0 fully saturated rings. The normalized spacial score (nSPS) is 11.7. The Morgan fingerprint density at radius 3 is 2.42 bits per heavy atom. The first-order chi connectivity index (χ1) is 12.4. The van der Waals surface area contributed by atoms with Crippen molar-refractivity contribution in [2.24, 2.45) is 0 Å². The summed E-state index contributed by atoms with van der Waals surface area (Å²) in [4.78, 5) is 0. The predicted molar refractivity (Wildman–Crippen MR) is 86.9 cm³/mol. The highest BCUT2D eigenvalue weighted by atomic mass is 19.4. The summed E-state index contributed by atoms with van der Waals surface area (Å²) >= 11 is 0. The third kappa shape index (κ3) is 3.62. The summed E-state index contributed by atoms with van der Waals surface area (Å²) in [7, 11) is 0. The molecular weight excluding hydrogens is 348 g/mol. The number of halogens is 4. The summed E-state index contributed by atoms with van der Waals surface area (Å²) in [6, 6.07) is 10.8. The van der Waals surface area contributed by atoms with Gasteiger partial charge in [0, 0.05) is 5.56 Å². The van der Waals surface area contributed by atoms with Crippen LogP contribution in [0.15, 0.2) is 42.5 Å². The highest BCUT2D eigenvalue weighted by Crippen LogP contribution is 2.30. The summed E-state index contributed by atoms with van der Waals surface area (Å²) in [5.41, 5.74) is 0.274. The van der Waals surface area contributed by atoms with Crippen molar-refractivity contribution in [2.75, 3.05) is 0 Å². The zero-order valence-electron chi connectivity index (χ0n) is 13.0. The predicted octanol–water partition coefficient (Wildman–Crippen LogP) is 4.67. The van der Waals surface area contributed by atoms with Gasteiger partial charge in [-0.15, -0.1) is 5.10 Å². The summed E-state index contributed by atoms with van der Waals surface area (Å²) in [5, 5.41) is 18.4. The lowest BCUT2D eigenvalue weighted by Gasteiger charge is -2.06. The molecule has 1 N–H and O–H groups in total. The zero-order chi connectivity index (χ0) is 18.7. The number of nitrogens with one attached hydrogen (secondary N) is 1. The second-order valence-corrected chi connectivity index (χ2v) is 5.34. The number of aromatic amines is 1. The SMILES string of the molecule is N#Cc1[nH]nnc1-c1ccc(/C=C/c2cccc(C(F)(F)F)c2)cc1F. The van der Waals surface area contributed by atoms with Gasteiger partial charge in [-0.2, -0.15) is 18.4 Å². The molecular formula is C18H10F4N4. The number of aromatic nitrogens is 3. The molecule has 8 heteroatoms. The fourth-order valence-corrected chi connectivity index (χ4v) is 2.33. The summed E-state index contributed by atoms with van der Waals surface area (Å²) < 4.78 is 52.4. The Kier molecular flexibility index (Phi) is 4.54. The average Bonchev–Trinajstić information content (AvgIpc) is 3.08. The van der Waals surface area contributed by atoms with Crippen LogP contribution in [0.4, 0.5) is 17.6 Å². The molecule has 130 valence electrons. The Morgan fingerprint density at radius 2 is 1.77 bits per heavy atom. The summed E-state index contributed by atoms with van der Waals surface area (Å²) in [6.45, 7) is 0. The van der Waals surface area contributed by atoms with Gasteiger partial charge in [-0.3, -0.25) is 0 Å². The van der Waals surface area contributed by atoms with Crippen LogP contribution < -0.4 is 0 Å². The third-order valence-corrected chi connectivity index (χ3v) is 3.59. The van der Waals surface area contributed by atoms with E-state index in [2.05, 4.69) is 15.4 Å². The number of H-pyrrole nitrogens is 1. The van der Waals surface area contributed by atoms with Crippen molar-refractivity contribution in [3.8, 4) is 17.3 Å². The molecule has 0 bridgehead atoms. The number of rotatable bonds is 3. The van der Waals surface area contributed by atoms with Crippen LogP contribution in [-0.4, -0.2) is 15.4 Å². The number of hydrogen-bond donors (Lipinski definition) is 1. The van der Waals surface area contributed by atoms with Gasteiger partial charge in [0.15, 0.2) is 5.69 Å². The van der Waals surface area contributed by atoms with E-state index in [4.69, 9.17) is 5.26 Å². The van der Waals surface area contributed by atoms with E-state index in [9.17, 15) is 17.6 Å². The molecule has 4 nitrogen and oxygen atoms in total. The minimum absolute atomic E-state index is 0.0381. The second-order valence-electron chi connectivity index (χ2n) is 5.34. The number of nitrogens with zero attached hydrogens (tertiary/aromatic N) is 3. The molecule has 0 aliphatic rings. The lowest BCUT2D eigenvalue weighted by Crippen LogP contribution is -2.04. The second kappa shape index (κ2) is 6.80. The van der Waals surface area contributed by atoms with E-state index in [0.717, 1.165) is 12.1 Å². The standard InChI is InChI=1S/C18H10F4N4/c19-15-9-12(6-7-14(15)17-16(10-23)24-26-25-17)5-4-11-2-1-3-13(8-11)18(20,21)22/h1-9H,(H,24,25,26)/b5-4+. The van der Waals surface area contributed by atoms with Gasteiger partial charge in [0.1, 0.15) is 17.6 Å². The van der Waals surface area contributed by atoms with E-state index in [1.165, 1.54) is 36.4 Å². The number of alkyl halides is 3. The first-order valence-corrected chi connectivity index (χ1v) is 7.35. The summed E-state index contributed by atoms with van der Waals surface area (Å²) in [6.07, 6.45) is -1.47. The van der Waals surface area contributed by atoms with Gasteiger partial charge in [0.2, 0.25) is 0 Å². The largest absolute Gasteiger partial charge is 0.416 e. The van der Waals surface area contributed by atoms with Crippen LogP contribution in [0, 0.1) is 17.1 Å². The monoisotopic (exact) mass is 358 g/mol. The first-order valence-electron chi connectivity index (χ1n) is 7.35. The molecule has 0 unspecified atom stereocenters. The van der Waals surface area contributed by atoms with Gasteiger partial charge >= 0.3 is 6.18 Å². The van der Waals surface area contributed by atoms with Crippen LogP contribution >= 0.6 is 0 Å². The first kappa shape index (κ1) is 17.4. The van der Waals surface area contributed by atoms with Crippen LogP contribution in [0.3, 0.4) is 0 Å². The Bertz CT molecular complexity index is 1010. The fraction of sp³-hybridized carbons (Fsp3) is 0.0556. The van der Waals surface area contributed by atoms with Crippen molar-refractivity contribution in [3.63, 3.8) is 0 Å². The van der Waals surface area contributed by atoms with E-state index in [0.29, 0.717) is 11.1 Å². The molecule has 0 radical (unpaired) electrons. The van der Waals surface area contributed by atoms with Gasteiger partial charge in [0.25, 0.3) is 0 Å². The van der Waals surface area contributed by atoms with Gasteiger partial charge < -0.3 is 0 Å². The molecule has 3 aromatic rings. The minimum atomic E-state index is -4.42. The van der Waals surface area contributed by atoms with Crippen LogP contribution in [0.2, 0.25) is 0 Å². The minimum Gasteiger partial charge on any atom is -0.247 e. The summed E-state index contributed by atoms with van der Waals surface area (Å²) in [5.74, 6) is -0.624. The van der Waals surface area contributed by atoms with Crippen molar-refractivity contribution >= 4 is 12.2 Å². The topological polar surface area (TPSA) is 65.4 Å². The Hall–Kier alpha value is -3.47. The third-order valence-electron chi connectivity index (χ3n) is 3.59. The van der Waals surface area contributed by atoms with Crippen LogP contribution in [0.5, 0.6) is 0 Å². The zero-order valence-corrected chi connectivity index (χ0v) is 13.0. The molecule has 0 aliphatic heterocycles. The molecule has 0 spiro atoms. The highest BCUT2D eigenvalue weighted by molar-refractivity contribution is 5.72. The van der Waals surface area contributed by atoms with Gasteiger partial charge in [-0.1, -0.05) is 35.6 Å². The maximum absolute atomic E-state index is 14.3. The van der Waals surface area contributed by atoms with E-state index in [1.807, 2.05) is 6.07 Å². The molecule has 0 saturated heterocycles. The maximum Gasteiger partial charge on any atom is 0.416 e. The number of hydrogen-bond acceptors (Lipinski definition) is 3. The number of benzene rings is 2. The quantitative estimate of drug-likeness (QED) is 0.546. The van der Waals surface area contributed by atoms with E-state index in [1.54, 1.807) is 6.07 Å². The van der Waals surface area contributed by atoms with Crippen molar-refractivity contribution in [1.29, 1.82) is 5.26 Å². The molecule has 1 heterocycles. The molecule has 0 saturated carbocycles. The molecule has 2 aromatic carbocycles. The van der Waals surface area contributed by atoms with E-state index >= 15 is 0 Å². The van der Waals surface area contributed by atoms with Crippen LogP contribution in [0.1, 0.15) is 22.4 Å². The van der Waals surface area contributed by atoms with E-state index in [-0.39, 0.29) is 17.0 Å². The van der Waals surface area contributed by atoms with Crippen molar-refractivity contribution in [3.05, 3.63) is 70.7 Å². The van der Waals surface area contributed by atoms with Crippen molar-refractivity contribution < 1.29 is 17.6 Å².